The lowest BCUT2D eigenvalue weighted by atomic mass is 9.89. The summed E-state index contributed by atoms with van der Waals surface area (Å²) in [5.41, 5.74) is 0.892. The van der Waals surface area contributed by atoms with Crippen molar-refractivity contribution in [3.63, 3.8) is 0 Å². The zero-order valence-electron chi connectivity index (χ0n) is 11.4. The molecule has 2 atom stereocenters. The molecule has 4 nitrogen and oxygen atoms in total. The van der Waals surface area contributed by atoms with E-state index in [9.17, 15) is 5.11 Å². The summed E-state index contributed by atoms with van der Waals surface area (Å²) in [7, 11) is 0. The molecular weight excluding hydrogens is 322 g/mol. The summed E-state index contributed by atoms with van der Waals surface area (Å²) in [4.78, 5) is 0. The highest BCUT2D eigenvalue weighted by Crippen LogP contribution is 2.40. The molecule has 0 radical (unpaired) electrons. The molecule has 2 aliphatic rings. The lowest BCUT2D eigenvalue weighted by molar-refractivity contribution is 0.0912. The predicted molar refractivity (Wildman–Crippen MR) is 80.3 cm³/mol. The summed E-state index contributed by atoms with van der Waals surface area (Å²) >= 11 is 3.55. The molecule has 20 heavy (non-hydrogen) atoms. The Kier molecular flexibility index (Phi) is 4.48. The van der Waals surface area contributed by atoms with Crippen LogP contribution in [0.15, 0.2) is 16.6 Å². The van der Waals surface area contributed by atoms with E-state index in [2.05, 4.69) is 21.2 Å². The summed E-state index contributed by atoms with van der Waals surface area (Å²) in [5.74, 6) is 1.75. The van der Waals surface area contributed by atoms with Crippen molar-refractivity contribution in [2.75, 3.05) is 26.3 Å². The number of fused-ring (bicyclic) bond motifs is 1. The predicted octanol–water partition coefficient (Wildman–Crippen LogP) is 2.64. The molecule has 2 unspecified atom stereocenters. The first-order valence-electron chi connectivity index (χ1n) is 7.23. The van der Waals surface area contributed by atoms with E-state index < -0.39 is 6.10 Å². The molecule has 0 spiro atoms. The average Bonchev–Trinajstić information content (AvgIpc) is 2.71. The lowest BCUT2D eigenvalue weighted by Crippen LogP contribution is -2.33. The zero-order chi connectivity index (χ0) is 13.9. The molecule has 1 fully saturated rings. The van der Waals surface area contributed by atoms with Crippen molar-refractivity contribution in [2.45, 2.75) is 25.4 Å². The third kappa shape index (κ3) is 2.95. The first kappa shape index (κ1) is 14.2. The maximum atomic E-state index is 10.6. The molecule has 0 saturated carbocycles. The number of ether oxygens (including phenoxy) is 2. The third-order valence-electron chi connectivity index (χ3n) is 3.97. The smallest absolute Gasteiger partial charge is 0.162 e. The number of hydrogen-bond acceptors (Lipinski definition) is 4. The van der Waals surface area contributed by atoms with Gasteiger partial charge >= 0.3 is 0 Å². The number of halogens is 1. The Bertz CT molecular complexity index is 474. The molecule has 0 bridgehead atoms. The van der Waals surface area contributed by atoms with E-state index in [1.807, 2.05) is 12.1 Å². The van der Waals surface area contributed by atoms with Crippen molar-refractivity contribution < 1.29 is 14.6 Å². The summed E-state index contributed by atoms with van der Waals surface area (Å²) < 4.78 is 12.3. The first-order chi connectivity index (χ1) is 9.75. The van der Waals surface area contributed by atoms with Gasteiger partial charge in [-0.2, -0.15) is 0 Å². The number of piperidine rings is 1. The van der Waals surface area contributed by atoms with Gasteiger partial charge in [-0.15, -0.1) is 0 Å². The Morgan fingerprint density at radius 1 is 1.20 bits per heavy atom. The minimum atomic E-state index is -0.477. The van der Waals surface area contributed by atoms with Gasteiger partial charge in [0.05, 0.1) is 19.3 Å². The molecule has 0 aromatic heterocycles. The Balaban J connectivity index is 1.86. The van der Waals surface area contributed by atoms with Gasteiger partial charge in [-0.05, 0) is 37.1 Å². The van der Waals surface area contributed by atoms with Gasteiger partial charge in [0.1, 0.15) is 0 Å². The summed E-state index contributed by atoms with van der Waals surface area (Å²) in [6.07, 6.45) is 2.57. The van der Waals surface area contributed by atoms with Gasteiger partial charge in [-0.25, -0.2) is 0 Å². The molecule has 1 saturated heterocycles. The van der Waals surface area contributed by atoms with E-state index >= 15 is 0 Å². The number of benzene rings is 1. The Hall–Kier alpha value is -0.780. The molecule has 1 aromatic carbocycles. The highest BCUT2D eigenvalue weighted by Gasteiger charge is 2.26. The minimum absolute atomic E-state index is 0.254. The second kappa shape index (κ2) is 6.33. The molecule has 3 rings (SSSR count). The number of hydrogen-bond donors (Lipinski definition) is 2. The fraction of sp³-hybridized carbons (Fsp3) is 0.600. The lowest BCUT2D eigenvalue weighted by Gasteiger charge is -2.28. The fourth-order valence-corrected chi connectivity index (χ4v) is 3.39. The SMILES string of the molecule is OC(c1cc2c(cc1Br)OCCCO2)C1CCCNC1. The quantitative estimate of drug-likeness (QED) is 0.868. The van der Waals surface area contributed by atoms with Crippen molar-refractivity contribution in [3.05, 3.63) is 22.2 Å². The maximum Gasteiger partial charge on any atom is 0.162 e. The first-order valence-corrected chi connectivity index (χ1v) is 8.03. The highest BCUT2D eigenvalue weighted by molar-refractivity contribution is 9.10. The molecule has 5 heteroatoms. The molecule has 110 valence electrons. The number of nitrogens with one attached hydrogen (secondary N) is 1. The standard InChI is InChI=1S/C15H20BrNO3/c16-12-8-14-13(19-5-2-6-20-14)7-11(12)15(18)10-3-1-4-17-9-10/h7-8,10,15,17-18H,1-6,9H2. The van der Waals surface area contributed by atoms with Gasteiger partial charge < -0.3 is 19.9 Å². The molecule has 0 aliphatic carbocycles. The second-order valence-electron chi connectivity index (χ2n) is 5.42. The van der Waals surface area contributed by atoms with Crippen molar-refractivity contribution in [1.29, 1.82) is 0 Å². The van der Waals surface area contributed by atoms with Crippen LogP contribution in [0.25, 0.3) is 0 Å². The van der Waals surface area contributed by atoms with Crippen molar-refractivity contribution in [1.82, 2.24) is 5.32 Å². The van der Waals surface area contributed by atoms with Crippen molar-refractivity contribution in [3.8, 4) is 11.5 Å². The number of aliphatic hydroxyl groups is 1. The minimum Gasteiger partial charge on any atom is -0.490 e. The van der Waals surface area contributed by atoms with Crippen LogP contribution in [0.5, 0.6) is 11.5 Å². The normalized spacial score (nSPS) is 24.0. The molecule has 2 heterocycles. The maximum absolute atomic E-state index is 10.6. The monoisotopic (exact) mass is 341 g/mol. The van der Waals surface area contributed by atoms with Gasteiger partial charge in [0.15, 0.2) is 11.5 Å². The average molecular weight is 342 g/mol. The summed E-state index contributed by atoms with van der Waals surface area (Å²) in [6.45, 7) is 3.25. The van der Waals surface area contributed by atoms with Crippen LogP contribution < -0.4 is 14.8 Å². The van der Waals surface area contributed by atoms with Crippen LogP contribution in [-0.2, 0) is 0 Å². The largest absolute Gasteiger partial charge is 0.490 e. The van der Waals surface area contributed by atoms with E-state index in [0.717, 1.165) is 53.9 Å². The van der Waals surface area contributed by atoms with E-state index in [1.165, 1.54) is 0 Å². The molecule has 1 aromatic rings. The molecular formula is C15H20BrNO3. The number of aliphatic hydroxyl groups excluding tert-OH is 1. The Labute approximate surface area is 127 Å². The van der Waals surface area contributed by atoms with Crippen LogP contribution in [0.3, 0.4) is 0 Å². The third-order valence-corrected chi connectivity index (χ3v) is 4.65. The van der Waals surface area contributed by atoms with Crippen LogP contribution in [0.4, 0.5) is 0 Å². The zero-order valence-corrected chi connectivity index (χ0v) is 13.0. The van der Waals surface area contributed by atoms with Crippen molar-refractivity contribution >= 4 is 15.9 Å². The molecule has 2 aliphatic heterocycles. The Morgan fingerprint density at radius 3 is 2.65 bits per heavy atom. The van der Waals surface area contributed by atoms with E-state index in [-0.39, 0.29) is 5.92 Å². The van der Waals surface area contributed by atoms with Crippen LogP contribution >= 0.6 is 15.9 Å². The molecule has 2 N–H and O–H groups in total. The Morgan fingerprint density at radius 2 is 1.95 bits per heavy atom. The van der Waals surface area contributed by atoms with Crippen LogP contribution in [0, 0.1) is 5.92 Å². The van der Waals surface area contributed by atoms with Gasteiger partial charge in [0.2, 0.25) is 0 Å². The van der Waals surface area contributed by atoms with E-state index in [1.54, 1.807) is 0 Å². The van der Waals surface area contributed by atoms with Gasteiger partial charge in [-0.1, -0.05) is 15.9 Å². The van der Waals surface area contributed by atoms with Crippen LogP contribution in [-0.4, -0.2) is 31.4 Å². The fourth-order valence-electron chi connectivity index (χ4n) is 2.83. The number of rotatable bonds is 2. The molecule has 0 amide bonds. The van der Waals surface area contributed by atoms with E-state index in [4.69, 9.17) is 9.47 Å². The van der Waals surface area contributed by atoms with Gasteiger partial charge in [0, 0.05) is 23.4 Å². The highest BCUT2D eigenvalue weighted by atomic mass is 79.9. The van der Waals surface area contributed by atoms with Gasteiger partial charge in [0.25, 0.3) is 0 Å². The van der Waals surface area contributed by atoms with Crippen LogP contribution in [0.1, 0.15) is 30.9 Å². The van der Waals surface area contributed by atoms with E-state index in [0.29, 0.717) is 13.2 Å². The topological polar surface area (TPSA) is 50.7 Å². The van der Waals surface area contributed by atoms with Crippen LogP contribution in [0.2, 0.25) is 0 Å². The second-order valence-corrected chi connectivity index (χ2v) is 6.28. The summed E-state index contributed by atoms with van der Waals surface area (Å²) in [6, 6.07) is 3.83. The van der Waals surface area contributed by atoms with Gasteiger partial charge in [-0.3, -0.25) is 0 Å². The van der Waals surface area contributed by atoms with Crippen molar-refractivity contribution in [2.24, 2.45) is 5.92 Å². The summed E-state index contributed by atoms with van der Waals surface area (Å²) in [5, 5.41) is 14.0.